The van der Waals surface area contributed by atoms with Crippen LogP contribution in [0.5, 0.6) is 0 Å². The molecule has 1 aromatic carbocycles. The van der Waals surface area contributed by atoms with Crippen LogP contribution in [0.1, 0.15) is 22.5 Å². The molecule has 0 radical (unpaired) electrons. The van der Waals surface area contributed by atoms with Crippen LogP contribution in [-0.4, -0.2) is 27.0 Å². The van der Waals surface area contributed by atoms with Crippen molar-refractivity contribution in [1.29, 1.82) is 0 Å². The molecule has 0 amide bonds. The summed E-state index contributed by atoms with van der Waals surface area (Å²) in [6.45, 7) is 1.31. The van der Waals surface area contributed by atoms with E-state index in [2.05, 4.69) is 25.3 Å². The summed E-state index contributed by atoms with van der Waals surface area (Å²) in [5.41, 5.74) is -1.73. The number of fused-ring (bicyclic) bond motifs is 1. The van der Waals surface area contributed by atoms with Crippen molar-refractivity contribution < 1.29 is 31.1 Å². The normalized spacial score (nSPS) is 12.2. The van der Waals surface area contributed by atoms with Crippen molar-refractivity contribution in [3.8, 4) is 11.4 Å². The Bertz CT molecular complexity index is 1390. The van der Waals surface area contributed by atoms with Gasteiger partial charge in [-0.05, 0) is 55.0 Å². The van der Waals surface area contributed by atoms with Crippen molar-refractivity contribution >= 4 is 22.5 Å². The molecule has 0 unspecified atom stereocenters. The molecule has 0 bridgehead atoms. The first-order valence-corrected chi connectivity index (χ1v) is 10.1. The van der Waals surface area contributed by atoms with E-state index in [1.54, 1.807) is 0 Å². The number of halogens is 6. The standard InChI is InChI=1S/C23H17F6N5O/c1-12-10-13(5-7-15(12)22(24,25)26)31-20-14-6-8-17(32-21(14)34-18(33-20)11-35-2)19-16(23(27,28)29)4-3-9-30-19/h3-10H,11H2,1-2H3,(H,31,32,33,34). The highest BCUT2D eigenvalue weighted by Crippen LogP contribution is 2.36. The van der Waals surface area contributed by atoms with Gasteiger partial charge in [-0.3, -0.25) is 4.98 Å². The third-order valence-corrected chi connectivity index (χ3v) is 5.03. The number of anilines is 2. The van der Waals surface area contributed by atoms with Gasteiger partial charge in [-0.2, -0.15) is 26.3 Å². The molecular formula is C23H17F6N5O. The summed E-state index contributed by atoms with van der Waals surface area (Å²) in [7, 11) is 1.41. The van der Waals surface area contributed by atoms with Crippen molar-refractivity contribution in [2.24, 2.45) is 0 Å². The van der Waals surface area contributed by atoms with Crippen molar-refractivity contribution in [3.05, 3.63) is 71.2 Å². The van der Waals surface area contributed by atoms with E-state index in [1.807, 2.05) is 0 Å². The van der Waals surface area contributed by atoms with Gasteiger partial charge in [0, 0.05) is 19.0 Å². The van der Waals surface area contributed by atoms with E-state index in [1.165, 1.54) is 50.6 Å². The van der Waals surface area contributed by atoms with Crippen molar-refractivity contribution in [2.45, 2.75) is 25.9 Å². The monoisotopic (exact) mass is 493 g/mol. The molecule has 0 fully saturated rings. The maximum Gasteiger partial charge on any atom is 0.418 e. The van der Waals surface area contributed by atoms with Crippen molar-refractivity contribution in [1.82, 2.24) is 19.9 Å². The van der Waals surface area contributed by atoms with Crippen LogP contribution in [0.2, 0.25) is 0 Å². The zero-order valence-electron chi connectivity index (χ0n) is 18.3. The van der Waals surface area contributed by atoms with Gasteiger partial charge in [-0.1, -0.05) is 0 Å². The molecule has 3 aromatic heterocycles. The lowest BCUT2D eigenvalue weighted by Gasteiger charge is -2.15. The van der Waals surface area contributed by atoms with Crippen LogP contribution in [0.25, 0.3) is 22.4 Å². The van der Waals surface area contributed by atoms with Crippen LogP contribution in [-0.2, 0) is 23.7 Å². The number of nitrogens with zero attached hydrogens (tertiary/aromatic N) is 4. The molecule has 0 saturated carbocycles. The SMILES string of the molecule is COCc1nc(Nc2ccc(C(F)(F)F)c(C)c2)c2ccc(-c3ncccc3C(F)(F)F)nc2n1. The number of methoxy groups -OCH3 is 1. The van der Waals surface area contributed by atoms with Gasteiger partial charge in [-0.25, -0.2) is 15.0 Å². The van der Waals surface area contributed by atoms with Crippen LogP contribution in [0.4, 0.5) is 37.8 Å². The lowest BCUT2D eigenvalue weighted by atomic mass is 10.1. The second kappa shape index (κ2) is 9.10. The molecule has 12 heteroatoms. The first-order valence-electron chi connectivity index (χ1n) is 10.1. The molecule has 0 aliphatic rings. The lowest BCUT2D eigenvalue weighted by molar-refractivity contribution is -0.138. The number of hydrogen-bond acceptors (Lipinski definition) is 6. The Kier molecular flexibility index (Phi) is 6.32. The smallest absolute Gasteiger partial charge is 0.377 e. The quantitative estimate of drug-likeness (QED) is 0.328. The van der Waals surface area contributed by atoms with E-state index in [0.717, 1.165) is 12.1 Å². The molecular weight excluding hydrogens is 476 g/mol. The van der Waals surface area contributed by atoms with Crippen molar-refractivity contribution in [3.63, 3.8) is 0 Å². The number of aryl methyl sites for hydroxylation is 1. The number of aromatic nitrogens is 4. The molecule has 0 atom stereocenters. The first kappa shape index (κ1) is 24.3. The fourth-order valence-electron chi connectivity index (χ4n) is 3.51. The zero-order valence-corrected chi connectivity index (χ0v) is 18.3. The Morgan fingerprint density at radius 1 is 0.886 bits per heavy atom. The highest BCUT2D eigenvalue weighted by Gasteiger charge is 2.35. The average molecular weight is 493 g/mol. The summed E-state index contributed by atoms with van der Waals surface area (Å²) in [5.74, 6) is 0.380. The number of ether oxygens (including phenoxy) is 1. The summed E-state index contributed by atoms with van der Waals surface area (Å²) in [6, 6.07) is 8.44. The third kappa shape index (κ3) is 5.16. The first-order chi connectivity index (χ1) is 16.5. The minimum atomic E-state index is -4.64. The van der Waals surface area contributed by atoms with E-state index in [9.17, 15) is 26.3 Å². The Morgan fingerprint density at radius 3 is 2.29 bits per heavy atom. The van der Waals surface area contributed by atoms with E-state index in [0.29, 0.717) is 11.1 Å². The second-order valence-electron chi connectivity index (χ2n) is 7.54. The van der Waals surface area contributed by atoms with E-state index in [-0.39, 0.29) is 40.8 Å². The van der Waals surface area contributed by atoms with Crippen LogP contribution in [0.15, 0.2) is 48.7 Å². The van der Waals surface area contributed by atoms with Gasteiger partial charge in [0.05, 0.1) is 22.2 Å². The van der Waals surface area contributed by atoms with E-state index in [4.69, 9.17) is 4.74 Å². The van der Waals surface area contributed by atoms with Crippen LogP contribution < -0.4 is 5.32 Å². The van der Waals surface area contributed by atoms with E-state index >= 15 is 0 Å². The highest BCUT2D eigenvalue weighted by atomic mass is 19.4. The topological polar surface area (TPSA) is 72.8 Å². The van der Waals surface area contributed by atoms with Gasteiger partial charge in [0.15, 0.2) is 11.5 Å². The Hall–Kier alpha value is -3.80. The van der Waals surface area contributed by atoms with Crippen molar-refractivity contribution in [2.75, 3.05) is 12.4 Å². The van der Waals surface area contributed by atoms with Gasteiger partial charge in [0.25, 0.3) is 0 Å². The van der Waals surface area contributed by atoms with Gasteiger partial charge < -0.3 is 10.1 Å². The predicted molar refractivity (Wildman–Crippen MR) is 116 cm³/mol. The molecule has 3 heterocycles. The fraction of sp³-hybridized carbons (Fsp3) is 0.217. The second-order valence-corrected chi connectivity index (χ2v) is 7.54. The molecule has 0 spiro atoms. The van der Waals surface area contributed by atoms with Crippen LogP contribution in [0.3, 0.4) is 0 Å². The summed E-state index contributed by atoms with van der Waals surface area (Å²) in [4.78, 5) is 16.7. The maximum absolute atomic E-state index is 13.5. The van der Waals surface area contributed by atoms with Crippen LogP contribution >= 0.6 is 0 Å². The molecule has 182 valence electrons. The number of benzene rings is 1. The molecule has 0 saturated heterocycles. The molecule has 1 N–H and O–H groups in total. The minimum absolute atomic E-state index is 0.00761. The zero-order chi connectivity index (χ0) is 25.4. The molecule has 0 aliphatic carbocycles. The Labute approximate surface area is 195 Å². The number of pyridine rings is 2. The predicted octanol–water partition coefficient (Wildman–Crippen LogP) is 6.32. The van der Waals surface area contributed by atoms with Gasteiger partial charge in [0.1, 0.15) is 18.1 Å². The number of rotatable bonds is 5. The minimum Gasteiger partial charge on any atom is -0.377 e. The van der Waals surface area contributed by atoms with Gasteiger partial charge >= 0.3 is 12.4 Å². The molecule has 4 rings (SSSR count). The number of hydrogen-bond donors (Lipinski definition) is 1. The molecule has 35 heavy (non-hydrogen) atoms. The lowest BCUT2D eigenvalue weighted by Crippen LogP contribution is -2.09. The summed E-state index contributed by atoms with van der Waals surface area (Å²) < 4.78 is 84.7. The Balaban J connectivity index is 1.81. The summed E-state index contributed by atoms with van der Waals surface area (Å²) in [5, 5.41) is 3.29. The van der Waals surface area contributed by atoms with Crippen LogP contribution in [0, 0.1) is 6.92 Å². The third-order valence-electron chi connectivity index (χ3n) is 5.03. The molecule has 0 aliphatic heterocycles. The van der Waals surface area contributed by atoms with Gasteiger partial charge in [-0.15, -0.1) is 0 Å². The fourth-order valence-corrected chi connectivity index (χ4v) is 3.51. The summed E-state index contributed by atoms with van der Waals surface area (Å²) in [6.07, 6.45) is -7.90. The van der Waals surface area contributed by atoms with E-state index < -0.39 is 23.5 Å². The largest absolute Gasteiger partial charge is 0.418 e. The molecule has 4 aromatic rings. The van der Waals surface area contributed by atoms with Gasteiger partial charge in [0.2, 0.25) is 0 Å². The average Bonchev–Trinajstić information content (AvgIpc) is 2.77. The number of nitrogens with one attached hydrogen (secondary N) is 1. The Morgan fingerprint density at radius 2 is 1.63 bits per heavy atom. The maximum atomic E-state index is 13.5. The number of alkyl halides is 6. The molecule has 6 nitrogen and oxygen atoms in total. The summed E-state index contributed by atoms with van der Waals surface area (Å²) >= 11 is 0. The highest BCUT2D eigenvalue weighted by molar-refractivity contribution is 5.90.